The molecule has 0 radical (unpaired) electrons. The molecule has 35 heavy (non-hydrogen) atoms. The fourth-order valence-electron chi connectivity index (χ4n) is 4.55. The average molecular weight is 534 g/mol. The molecule has 0 aliphatic rings. The molecule has 5 rings (SSSR count). The number of aryl methyl sites for hydroxylation is 1. The summed E-state index contributed by atoms with van der Waals surface area (Å²) in [7, 11) is 0. The molecule has 0 saturated carbocycles. The van der Waals surface area contributed by atoms with E-state index in [0.29, 0.717) is 11.1 Å². The molecule has 4 aromatic carbocycles. The van der Waals surface area contributed by atoms with E-state index in [1.807, 2.05) is 48.1 Å². The highest BCUT2D eigenvalue weighted by molar-refractivity contribution is 9.10. The Morgan fingerprint density at radius 2 is 1.66 bits per heavy atom. The quantitative estimate of drug-likeness (QED) is 0.220. The molecule has 0 fully saturated rings. The molecule has 0 amide bonds. The van der Waals surface area contributed by atoms with Gasteiger partial charge in [0.05, 0.1) is 22.7 Å². The van der Waals surface area contributed by atoms with Crippen LogP contribution in [0.3, 0.4) is 0 Å². The maximum atomic E-state index is 9.90. The number of nitriles is 2. The molecular weight excluding hydrogens is 514 g/mol. The van der Waals surface area contributed by atoms with Crippen LogP contribution in [0, 0.1) is 22.7 Å². The SMILES string of the molecule is N#Cc1ccc(CCC(c2ccc(C#N)c(-c3cccc4ccccc34)c2)c2cncs2)cc1Br. The maximum Gasteiger partial charge on any atom is 0.100 e. The molecule has 1 atom stereocenters. The Hall–Kier alpha value is -3.77. The summed E-state index contributed by atoms with van der Waals surface area (Å²) in [4.78, 5) is 5.54. The maximum absolute atomic E-state index is 9.90. The zero-order valence-electron chi connectivity index (χ0n) is 18.8. The van der Waals surface area contributed by atoms with Crippen molar-refractivity contribution in [2.45, 2.75) is 18.8 Å². The van der Waals surface area contributed by atoms with Crippen LogP contribution in [0.15, 0.2) is 95.0 Å². The average Bonchev–Trinajstić information content (AvgIpc) is 3.43. The topological polar surface area (TPSA) is 60.5 Å². The molecule has 1 unspecified atom stereocenters. The van der Waals surface area contributed by atoms with Gasteiger partial charge in [0, 0.05) is 27.0 Å². The van der Waals surface area contributed by atoms with Crippen LogP contribution in [-0.2, 0) is 6.42 Å². The Balaban J connectivity index is 1.56. The fraction of sp³-hybridized carbons (Fsp3) is 0.100. The van der Waals surface area contributed by atoms with E-state index in [9.17, 15) is 10.5 Å². The van der Waals surface area contributed by atoms with Crippen LogP contribution < -0.4 is 0 Å². The van der Waals surface area contributed by atoms with Crippen molar-refractivity contribution in [1.82, 2.24) is 4.98 Å². The van der Waals surface area contributed by atoms with Gasteiger partial charge in [0.2, 0.25) is 0 Å². The Labute approximate surface area is 217 Å². The zero-order chi connectivity index (χ0) is 24.2. The van der Waals surface area contributed by atoms with Gasteiger partial charge >= 0.3 is 0 Å². The van der Waals surface area contributed by atoms with Gasteiger partial charge in [-0.05, 0) is 80.5 Å². The lowest BCUT2D eigenvalue weighted by molar-refractivity contribution is 0.724. The summed E-state index contributed by atoms with van der Waals surface area (Å²) in [5.41, 5.74) is 7.55. The van der Waals surface area contributed by atoms with E-state index >= 15 is 0 Å². The summed E-state index contributed by atoms with van der Waals surface area (Å²) >= 11 is 5.16. The first-order valence-corrected chi connectivity index (χ1v) is 12.9. The van der Waals surface area contributed by atoms with E-state index in [1.165, 1.54) is 16.0 Å². The molecule has 0 spiro atoms. The number of hydrogen-bond donors (Lipinski definition) is 0. The van der Waals surface area contributed by atoms with E-state index < -0.39 is 0 Å². The first-order chi connectivity index (χ1) is 17.2. The van der Waals surface area contributed by atoms with E-state index in [1.54, 1.807) is 11.3 Å². The summed E-state index contributed by atoms with van der Waals surface area (Å²) in [6.07, 6.45) is 3.69. The molecule has 3 nitrogen and oxygen atoms in total. The van der Waals surface area contributed by atoms with Crippen LogP contribution in [-0.4, -0.2) is 4.98 Å². The van der Waals surface area contributed by atoms with E-state index in [4.69, 9.17) is 0 Å². The van der Waals surface area contributed by atoms with Gasteiger partial charge in [-0.1, -0.05) is 54.6 Å². The second-order valence-electron chi connectivity index (χ2n) is 8.36. The molecule has 0 aliphatic carbocycles. The van der Waals surface area contributed by atoms with Crippen molar-refractivity contribution < 1.29 is 0 Å². The largest absolute Gasteiger partial charge is 0.253 e. The van der Waals surface area contributed by atoms with Crippen molar-refractivity contribution >= 4 is 38.0 Å². The summed E-state index contributed by atoms with van der Waals surface area (Å²) in [5, 5.41) is 21.4. The van der Waals surface area contributed by atoms with Gasteiger partial charge < -0.3 is 0 Å². The van der Waals surface area contributed by atoms with Gasteiger partial charge in [-0.15, -0.1) is 11.3 Å². The highest BCUT2D eigenvalue weighted by Gasteiger charge is 2.19. The number of nitrogens with zero attached hydrogens (tertiary/aromatic N) is 3. The van der Waals surface area contributed by atoms with Gasteiger partial charge in [-0.2, -0.15) is 10.5 Å². The molecule has 1 heterocycles. The van der Waals surface area contributed by atoms with Crippen LogP contribution in [0.2, 0.25) is 0 Å². The minimum absolute atomic E-state index is 0.151. The van der Waals surface area contributed by atoms with Crippen molar-refractivity contribution in [3.63, 3.8) is 0 Å². The molecule has 168 valence electrons. The molecule has 0 N–H and O–H groups in total. The lowest BCUT2D eigenvalue weighted by Crippen LogP contribution is -2.03. The van der Waals surface area contributed by atoms with Gasteiger partial charge in [0.1, 0.15) is 6.07 Å². The van der Waals surface area contributed by atoms with Crippen molar-refractivity contribution in [2.75, 3.05) is 0 Å². The third-order valence-corrected chi connectivity index (χ3v) is 7.86. The van der Waals surface area contributed by atoms with Gasteiger partial charge in [-0.3, -0.25) is 4.98 Å². The fourth-order valence-corrected chi connectivity index (χ4v) is 5.84. The molecule has 1 aromatic heterocycles. The predicted molar refractivity (Wildman–Crippen MR) is 145 cm³/mol. The van der Waals surface area contributed by atoms with Crippen LogP contribution >= 0.6 is 27.3 Å². The standard InChI is InChI=1S/C30H20BrN3S/c31-29-14-20(8-10-24(29)17-33)9-13-26(30-18-34-19-35-30)22-11-12-23(16-32)28(15-22)27-7-3-5-21-4-1-2-6-25(21)27/h1-8,10-12,14-15,18-19,26H,9,13H2. The lowest BCUT2D eigenvalue weighted by atomic mass is 9.87. The minimum atomic E-state index is 0.151. The Bertz CT molecular complexity index is 1590. The molecule has 0 saturated heterocycles. The number of thiazole rings is 1. The smallest absolute Gasteiger partial charge is 0.100 e. The van der Waals surface area contributed by atoms with Crippen molar-refractivity contribution in [3.8, 4) is 23.3 Å². The van der Waals surface area contributed by atoms with E-state index in [-0.39, 0.29) is 5.92 Å². The zero-order valence-corrected chi connectivity index (χ0v) is 21.2. The molecule has 5 heteroatoms. The van der Waals surface area contributed by atoms with Crippen molar-refractivity contribution in [1.29, 1.82) is 10.5 Å². The molecular formula is C30H20BrN3S. The van der Waals surface area contributed by atoms with Gasteiger partial charge in [0.25, 0.3) is 0 Å². The first kappa shape index (κ1) is 23.0. The predicted octanol–water partition coefficient (Wildman–Crippen LogP) is 8.23. The third kappa shape index (κ3) is 4.75. The second-order valence-corrected chi connectivity index (χ2v) is 10.1. The van der Waals surface area contributed by atoms with Crippen LogP contribution in [0.1, 0.15) is 39.5 Å². The second kappa shape index (κ2) is 10.2. The minimum Gasteiger partial charge on any atom is -0.253 e. The first-order valence-electron chi connectivity index (χ1n) is 11.3. The molecule has 0 bridgehead atoms. The summed E-state index contributed by atoms with van der Waals surface area (Å²) in [6, 6.07) is 31.2. The van der Waals surface area contributed by atoms with Crippen LogP contribution in [0.5, 0.6) is 0 Å². The van der Waals surface area contributed by atoms with E-state index in [0.717, 1.165) is 39.2 Å². The summed E-state index contributed by atoms with van der Waals surface area (Å²) in [6.45, 7) is 0. The summed E-state index contributed by atoms with van der Waals surface area (Å²) < 4.78 is 0.823. The number of halogens is 1. The van der Waals surface area contributed by atoms with E-state index in [2.05, 4.69) is 75.5 Å². The lowest BCUT2D eigenvalue weighted by Gasteiger charge is -2.18. The molecule has 0 aliphatic heterocycles. The van der Waals surface area contributed by atoms with Gasteiger partial charge in [0.15, 0.2) is 0 Å². The highest BCUT2D eigenvalue weighted by atomic mass is 79.9. The van der Waals surface area contributed by atoms with Crippen molar-refractivity contribution in [3.05, 3.63) is 122 Å². The van der Waals surface area contributed by atoms with Crippen LogP contribution in [0.4, 0.5) is 0 Å². The number of benzene rings is 4. The monoisotopic (exact) mass is 533 g/mol. The van der Waals surface area contributed by atoms with Crippen molar-refractivity contribution in [2.24, 2.45) is 0 Å². The number of rotatable bonds is 6. The Kier molecular flexibility index (Phi) is 6.73. The third-order valence-electron chi connectivity index (χ3n) is 6.32. The van der Waals surface area contributed by atoms with Crippen LogP contribution in [0.25, 0.3) is 21.9 Å². The highest BCUT2D eigenvalue weighted by Crippen LogP contribution is 2.37. The van der Waals surface area contributed by atoms with Gasteiger partial charge in [-0.25, -0.2) is 0 Å². The number of aromatic nitrogens is 1. The summed E-state index contributed by atoms with van der Waals surface area (Å²) in [5.74, 6) is 0.151. The number of fused-ring (bicyclic) bond motifs is 1. The Morgan fingerprint density at radius 1 is 0.857 bits per heavy atom. The normalized spacial score (nSPS) is 11.6. The number of hydrogen-bond acceptors (Lipinski definition) is 4. The molecule has 5 aromatic rings. The Morgan fingerprint density at radius 3 is 2.43 bits per heavy atom.